The Hall–Kier alpha value is -1.83. The molecule has 0 aliphatic carbocycles. The number of thioether (sulfide) groups is 1. The standard InChI is InChI=1S/C21H26N2O3S2/c1-17-8-9-18(2)20(14-17)28(25,26)23-12-10-22(11-13-23)21(24)16-27-15-19-6-4-3-5-7-19/h3-9,14H,10-13,15-16H2,1-2H3. The summed E-state index contributed by atoms with van der Waals surface area (Å²) in [6, 6.07) is 15.5. The lowest BCUT2D eigenvalue weighted by molar-refractivity contribution is -0.129. The molecule has 0 radical (unpaired) electrons. The Kier molecular flexibility index (Phi) is 6.80. The van der Waals surface area contributed by atoms with Gasteiger partial charge in [-0.05, 0) is 36.6 Å². The second-order valence-corrected chi connectivity index (χ2v) is 9.92. The minimum Gasteiger partial charge on any atom is -0.339 e. The maximum Gasteiger partial charge on any atom is 0.243 e. The molecule has 28 heavy (non-hydrogen) atoms. The summed E-state index contributed by atoms with van der Waals surface area (Å²) in [6.45, 7) is 5.26. The van der Waals surface area contributed by atoms with E-state index in [9.17, 15) is 13.2 Å². The summed E-state index contributed by atoms with van der Waals surface area (Å²) in [4.78, 5) is 14.6. The summed E-state index contributed by atoms with van der Waals surface area (Å²) in [6.07, 6.45) is 0. The predicted octanol–water partition coefficient (Wildman–Crippen LogP) is 3.07. The molecule has 1 fully saturated rings. The van der Waals surface area contributed by atoms with Crippen LogP contribution in [0.15, 0.2) is 53.4 Å². The second kappa shape index (κ2) is 9.11. The number of hydrogen-bond acceptors (Lipinski definition) is 4. The Morgan fingerprint density at radius 3 is 2.36 bits per heavy atom. The first-order chi connectivity index (χ1) is 13.4. The van der Waals surface area contributed by atoms with Gasteiger partial charge in [-0.3, -0.25) is 4.79 Å². The molecule has 2 aromatic carbocycles. The van der Waals surface area contributed by atoms with Crippen LogP contribution in [-0.4, -0.2) is 55.5 Å². The molecule has 0 N–H and O–H groups in total. The van der Waals surface area contributed by atoms with E-state index in [4.69, 9.17) is 0 Å². The van der Waals surface area contributed by atoms with Crippen LogP contribution < -0.4 is 0 Å². The summed E-state index contributed by atoms with van der Waals surface area (Å²) in [5.74, 6) is 1.29. The monoisotopic (exact) mass is 418 g/mol. The van der Waals surface area contributed by atoms with Crippen LogP contribution in [0.1, 0.15) is 16.7 Å². The Balaban J connectivity index is 1.53. The van der Waals surface area contributed by atoms with E-state index in [0.717, 1.165) is 16.9 Å². The van der Waals surface area contributed by atoms with Crippen LogP contribution in [0.25, 0.3) is 0 Å². The zero-order chi connectivity index (χ0) is 20.1. The van der Waals surface area contributed by atoms with Gasteiger partial charge >= 0.3 is 0 Å². The topological polar surface area (TPSA) is 57.7 Å². The maximum atomic E-state index is 13.0. The van der Waals surface area contributed by atoms with Gasteiger partial charge in [0.05, 0.1) is 10.6 Å². The van der Waals surface area contributed by atoms with Gasteiger partial charge in [-0.25, -0.2) is 8.42 Å². The third kappa shape index (κ3) is 4.96. The lowest BCUT2D eigenvalue weighted by Crippen LogP contribution is -2.51. The first-order valence-electron chi connectivity index (χ1n) is 9.35. The summed E-state index contributed by atoms with van der Waals surface area (Å²) in [5.41, 5.74) is 2.87. The van der Waals surface area contributed by atoms with E-state index in [1.165, 1.54) is 9.87 Å². The number of sulfonamides is 1. The summed E-state index contributed by atoms with van der Waals surface area (Å²) in [7, 11) is -3.53. The summed E-state index contributed by atoms with van der Waals surface area (Å²) < 4.78 is 27.5. The SMILES string of the molecule is Cc1ccc(C)c(S(=O)(=O)N2CCN(C(=O)CSCc3ccccc3)CC2)c1. The van der Waals surface area contributed by atoms with E-state index >= 15 is 0 Å². The van der Waals surface area contributed by atoms with Crippen molar-refractivity contribution in [3.05, 3.63) is 65.2 Å². The molecule has 1 aliphatic rings. The number of benzene rings is 2. The molecule has 2 aromatic rings. The Labute approximate surface area is 171 Å². The van der Waals surface area contributed by atoms with Crippen molar-refractivity contribution >= 4 is 27.7 Å². The number of carbonyl (C=O) groups is 1. The highest BCUT2D eigenvalue weighted by Crippen LogP contribution is 2.22. The third-order valence-electron chi connectivity index (χ3n) is 4.89. The van der Waals surface area contributed by atoms with Crippen LogP contribution in [0.4, 0.5) is 0 Å². The van der Waals surface area contributed by atoms with Crippen LogP contribution in [0.3, 0.4) is 0 Å². The van der Waals surface area contributed by atoms with E-state index in [2.05, 4.69) is 0 Å². The van der Waals surface area contributed by atoms with Crippen LogP contribution in [0.2, 0.25) is 0 Å². The molecule has 1 amide bonds. The van der Waals surface area contributed by atoms with Crippen molar-refractivity contribution in [2.24, 2.45) is 0 Å². The largest absolute Gasteiger partial charge is 0.339 e. The van der Waals surface area contributed by atoms with Crippen LogP contribution in [0.5, 0.6) is 0 Å². The zero-order valence-electron chi connectivity index (χ0n) is 16.3. The first-order valence-corrected chi connectivity index (χ1v) is 11.9. The smallest absolute Gasteiger partial charge is 0.243 e. The molecule has 0 saturated carbocycles. The van der Waals surface area contributed by atoms with Gasteiger partial charge in [-0.15, -0.1) is 11.8 Å². The molecular formula is C21H26N2O3S2. The van der Waals surface area contributed by atoms with E-state index in [1.54, 1.807) is 22.7 Å². The van der Waals surface area contributed by atoms with Gasteiger partial charge in [0, 0.05) is 31.9 Å². The Morgan fingerprint density at radius 1 is 1.00 bits per heavy atom. The molecule has 1 aliphatic heterocycles. The zero-order valence-corrected chi connectivity index (χ0v) is 17.9. The molecule has 0 spiro atoms. The second-order valence-electron chi connectivity index (χ2n) is 7.03. The van der Waals surface area contributed by atoms with Gasteiger partial charge in [0.15, 0.2) is 0 Å². The normalized spacial score (nSPS) is 15.6. The lowest BCUT2D eigenvalue weighted by Gasteiger charge is -2.34. The van der Waals surface area contributed by atoms with Crippen molar-refractivity contribution in [3.8, 4) is 0 Å². The van der Waals surface area contributed by atoms with Crippen LogP contribution in [-0.2, 0) is 20.6 Å². The van der Waals surface area contributed by atoms with Gasteiger partial charge in [0.25, 0.3) is 0 Å². The van der Waals surface area contributed by atoms with Gasteiger partial charge in [0.2, 0.25) is 15.9 Å². The van der Waals surface area contributed by atoms with E-state index in [0.29, 0.717) is 36.8 Å². The minimum atomic E-state index is -3.53. The first kappa shape index (κ1) is 20.9. The number of rotatable bonds is 6. The van der Waals surface area contributed by atoms with Crippen molar-refractivity contribution in [2.45, 2.75) is 24.5 Å². The van der Waals surface area contributed by atoms with Gasteiger partial charge < -0.3 is 4.90 Å². The Bertz CT molecular complexity index is 922. The van der Waals surface area contributed by atoms with Crippen molar-refractivity contribution in [1.82, 2.24) is 9.21 Å². The molecule has 1 heterocycles. The van der Waals surface area contributed by atoms with E-state index in [1.807, 2.05) is 56.3 Å². The van der Waals surface area contributed by atoms with Crippen LogP contribution >= 0.6 is 11.8 Å². The fourth-order valence-electron chi connectivity index (χ4n) is 3.22. The lowest BCUT2D eigenvalue weighted by atomic mass is 10.2. The van der Waals surface area contributed by atoms with E-state index in [-0.39, 0.29) is 5.91 Å². The van der Waals surface area contributed by atoms with Crippen LogP contribution in [0, 0.1) is 13.8 Å². The molecule has 7 heteroatoms. The summed E-state index contributed by atoms with van der Waals surface area (Å²) in [5, 5.41) is 0. The fraction of sp³-hybridized carbons (Fsp3) is 0.381. The number of amides is 1. The minimum absolute atomic E-state index is 0.0738. The third-order valence-corrected chi connectivity index (χ3v) is 7.92. The van der Waals surface area contributed by atoms with Gasteiger partial charge in [0.1, 0.15) is 0 Å². The summed E-state index contributed by atoms with van der Waals surface area (Å²) >= 11 is 1.59. The predicted molar refractivity (Wildman–Crippen MR) is 114 cm³/mol. The average molecular weight is 419 g/mol. The molecule has 5 nitrogen and oxygen atoms in total. The Morgan fingerprint density at radius 2 is 1.68 bits per heavy atom. The number of carbonyl (C=O) groups excluding carboxylic acids is 1. The molecule has 3 rings (SSSR count). The van der Waals surface area contributed by atoms with Gasteiger partial charge in [-0.1, -0.05) is 42.5 Å². The highest BCUT2D eigenvalue weighted by Gasteiger charge is 2.30. The van der Waals surface area contributed by atoms with Crippen molar-refractivity contribution < 1.29 is 13.2 Å². The number of aryl methyl sites for hydroxylation is 2. The molecule has 0 aromatic heterocycles. The van der Waals surface area contributed by atoms with Gasteiger partial charge in [-0.2, -0.15) is 4.31 Å². The fourth-order valence-corrected chi connectivity index (χ4v) is 5.84. The molecule has 150 valence electrons. The molecule has 0 unspecified atom stereocenters. The molecule has 1 saturated heterocycles. The van der Waals surface area contributed by atoms with Crippen molar-refractivity contribution in [3.63, 3.8) is 0 Å². The average Bonchev–Trinajstić information content (AvgIpc) is 2.70. The number of hydrogen-bond donors (Lipinski definition) is 0. The maximum absolute atomic E-state index is 13.0. The van der Waals surface area contributed by atoms with E-state index < -0.39 is 10.0 Å². The quantitative estimate of drug-likeness (QED) is 0.723. The van der Waals surface area contributed by atoms with Crippen molar-refractivity contribution in [2.75, 3.05) is 31.9 Å². The highest BCUT2D eigenvalue weighted by molar-refractivity contribution is 7.99. The molecule has 0 atom stereocenters. The van der Waals surface area contributed by atoms with Crippen molar-refractivity contribution in [1.29, 1.82) is 0 Å². The molecule has 0 bridgehead atoms. The molecular weight excluding hydrogens is 392 g/mol. The number of nitrogens with zero attached hydrogens (tertiary/aromatic N) is 2. The highest BCUT2D eigenvalue weighted by atomic mass is 32.2. The number of piperazine rings is 1.